The van der Waals surface area contributed by atoms with Gasteiger partial charge in [0.25, 0.3) is 0 Å². The number of benzene rings is 1. The molecule has 1 N–H and O–H groups in total. The molecule has 1 amide bonds. The van der Waals surface area contributed by atoms with E-state index in [0.717, 1.165) is 37.7 Å². The highest BCUT2D eigenvalue weighted by atomic mass is 32.2. The molecule has 1 aromatic carbocycles. The van der Waals surface area contributed by atoms with Crippen molar-refractivity contribution in [1.29, 1.82) is 0 Å². The molecular weight excluding hydrogens is 428 g/mol. The molecule has 3 heterocycles. The maximum atomic E-state index is 13.2. The van der Waals surface area contributed by atoms with Crippen molar-refractivity contribution < 1.29 is 13.2 Å². The molecule has 2 aliphatic rings. The second-order valence-electron chi connectivity index (χ2n) is 8.32. The number of sulfonamides is 1. The molecule has 9 nitrogen and oxygen atoms in total. The van der Waals surface area contributed by atoms with Crippen LogP contribution in [0, 0.1) is 6.92 Å². The van der Waals surface area contributed by atoms with Crippen molar-refractivity contribution in [2.45, 2.75) is 38.0 Å². The van der Waals surface area contributed by atoms with Crippen molar-refractivity contribution in [2.75, 3.05) is 54.4 Å². The molecule has 0 aliphatic carbocycles. The Morgan fingerprint density at radius 3 is 2.34 bits per heavy atom. The lowest BCUT2D eigenvalue weighted by Gasteiger charge is -2.35. The Hall–Kier alpha value is -2.72. The molecule has 10 heteroatoms. The van der Waals surface area contributed by atoms with Crippen LogP contribution in [-0.2, 0) is 14.8 Å². The molecule has 0 unspecified atom stereocenters. The van der Waals surface area contributed by atoms with Gasteiger partial charge in [-0.05, 0) is 56.0 Å². The van der Waals surface area contributed by atoms with Crippen LogP contribution in [0.3, 0.4) is 0 Å². The predicted octanol–water partition coefficient (Wildman–Crippen LogP) is 2.24. The van der Waals surface area contributed by atoms with Crippen molar-refractivity contribution in [3.8, 4) is 0 Å². The van der Waals surface area contributed by atoms with Crippen molar-refractivity contribution in [2.24, 2.45) is 0 Å². The third kappa shape index (κ3) is 4.86. The number of rotatable bonds is 5. The van der Waals surface area contributed by atoms with E-state index in [-0.39, 0.29) is 10.8 Å². The third-order valence-electron chi connectivity index (χ3n) is 5.94. The van der Waals surface area contributed by atoms with Gasteiger partial charge in [0.1, 0.15) is 5.82 Å². The Bertz CT molecular complexity index is 1080. The van der Waals surface area contributed by atoms with Gasteiger partial charge in [-0.1, -0.05) is 0 Å². The van der Waals surface area contributed by atoms with Crippen LogP contribution in [0.1, 0.15) is 31.7 Å². The van der Waals surface area contributed by atoms with Gasteiger partial charge in [-0.2, -0.15) is 9.29 Å². The number of hydrogen-bond acceptors (Lipinski definition) is 7. The van der Waals surface area contributed by atoms with Crippen molar-refractivity contribution in [3.63, 3.8) is 0 Å². The molecule has 0 saturated carbocycles. The van der Waals surface area contributed by atoms with Crippen molar-refractivity contribution in [1.82, 2.24) is 14.3 Å². The zero-order valence-electron chi connectivity index (χ0n) is 18.6. The first-order valence-electron chi connectivity index (χ1n) is 11.1. The molecule has 32 heavy (non-hydrogen) atoms. The highest BCUT2D eigenvalue weighted by Gasteiger charge is 2.30. The van der Waals surface area contributed by atoms with E-state index in [1.165, 1.54) is 17.6 Å². The highest BCUT2D eigenvalue weighted by molar-refractivity contribution is 7.89. The molecule has 0 radical (unpaired) electrons. The zero-order chi connectivity index (χ0) is 22.7. The number of anilines is 3. The second-order valence-corrected chi connectivity index (χ2v) is 10.2. The van der Waals surface area contributed by atoms with Crippen LogP contribution in [0.5, 0.6) is 0 Å². The molecule has 172 valence electrons. The van der Waals surface area contributed by atoms with Gasteiger partial charge >= 0.3 is 0 Å². The standard InChI is InChI=1S/C22H30N6O3S/c1-17-16-19(24-18(2)29)6-7-20(17)32(30,31)28-14-12-26(13-15-28)21-8-9-23-22(25-21)27-10-4-3-5-11-27/h6-9,16H,3-5,10-15H2,1-2H3,(H,24,29). The number of piperazine rings is 1. The van der Waals surface area contributed by atoms with E-state index < -0.39 is 10.0 Å². The lowest BCUT2D eigenvalue weighted by Crippen LogP contribution is -2.49. The Morgan fingerprint density at radius 2 is 1.69 bits per heavy atom. The topological polar surface area (TPSA) is 98.7 Å². The average Bonchev–Trinajstić information content (AvgIpc) is 2.79. The summed E-state index contributed by atoms with van der Waals surface area (Å²) in [5, 5.41) is 2.69. The van der Waals surface area contributed by atoms with Crippen LogP contribution in [0.25, 0.3) is 0 Å². The molecule has 1 aromatic heterocycles. The number of aromatic nitrogens is 2. The number of piperidine rings is 1. The van der Waals surface area contributed by atoms with Crippen LogP contribution < -0.4 is 15.1 Å². The minimum absolute atomic E-state index is 0.190. The summed E-state index contributed by atoms with van der Waals surface area (Å²) in [6.07, 6.45) is 5.36. The molecule has 2 saturated heterocycles. The quantitative estimate of drug-likeness (QED) is 0.734. The second kappa shape index (κ2) is 9.41. The lowest BCUT2D eigenvalue weighted by molar-refractivity contribution is -0.114. The Labute approximate surface area is 189 Å². The van der Waals surface area contributed by atoms with Crippen LogP contribution >= 0.6 is 0 Å². The van der Waals surface area contributed by atoms with E-state index in [2.05, 4.69) is 20.1 Å². The minimum atomic E-state index is -3.62. The van der Waals surface area contributed by atoms with Gasteiger partial charge in [0.05, 0.1) is 4.90 Å². The van der Waals surface area contributed by atoms with E-state index >= 15 is 0 Å². The number of carbonyl (C=O) groups excluding carboxylic acids is 1. The number of aryl methyl sites for hydroxylation is 1. The molecule has 2 aliphatic heterocycles. The van der Waals surface area contributed by atoms with Gasteiger partial charge in [0.15, 0.2) is 0 Å². The molecule has 2 aromatic rings. The normalized spacial score (nSPS) is 17.9. The summed E-state index contributed by atoms with van der Waals surface area (Å²) in [5.41, 5.74) is 1.20. The van der Waals surface area contributed by atoms with Gasteiger partial charge in [-0.3, -0.25) is 4.79 Å². The van der Waals surface area contributed by atoms with Gasteiger partial charge in [0, 0.05) is 58.1 Å². The monoisotopic (exact) mass is 458 g/mol. The number of amides is 1. The van der Waals surface area contributed by atoms with Crippen LogP contribution in [-0.4, -0.2) is 67.9 Å². The Morgan fingerprint density at radius 1 is 0.969 bits per heavy atom. The summed E-state index contributed by atoms with van der Waals surface area (Å²) in [6.45, 7) is 7.04. The lowest BCUT2D eigenvalue weighted by atomic mass is 10.1. The highest BCUT2D eigenvalue weighted by Crippen LogP contribution is 2.25. The fraction of sp³-hybridized carbons (Fsp3) is 0.500. The molecule has 4 rings (SSSR count). The summed E-state index contributed by atoms with van der Waals surface area (Å²) in [4.78, 5) is 25.1. The van der Waals surface area contributed by atoms with E-state index in [0.29, 0.717) is 37.4 Å². The molecule has 0 spiro atoms. The summed E-state index contributed by atoms with van der Waals surface area (Å²) in [7, 11) is -3.62. The van der Waals surface area contributed by atoms with E-state index in [1.54, 1.807) is 31.3 Å². The van der Waals surface area contributed by atoms with E-state index in [4.69, 9.17) is 4.98 Å². The molecular formula is C22H30N6O3S. The summed E-state index contributed by atoms with van der Waals surface area (Å²) < 4.78 is 28.0. The van der Waals surface area contributed by atoms with Crippen molar-refractivity contribution in [3.05, 3.63) is 36.0 Å². The first-order valence-corrected chi connectivity index (χ1v) is 12.5. The van der Waals surface area contributed by atoms with Crippen molar-refractivity contribution >= 4 is 33.4 Å². The number of nitrogens with one attached hydrogen (secondary N) is 1. The average molecular weight is 459 g/mol. The largest absolute Gasteiger partial charge is 0.354 e. The summed E-state index contributed by atoms with van der Waals surface area (Å²) in [5.74, 6) is 1.41. The van der Waals surface area contributed by atoms with Gasteiger partial charge in [0.2, 0.25) is 21.9 Å². The first kappa shape index (κ1) is 22.5. The Balaban J connectivity index is 1.44. The Kier molecular flexibility index (Phi) is 6.61. The number of hydrogen-bond donors (Lipinski definition) is 1. The smallest absolute Gasteiger partial charge is 0.243 e. The predicted molar refractivity (Wildman–Crippen MR) is 125 cm³/mol. The summed E-state index contributed by atoms with van der Waals surface area (Å²) in [6, 6.07) is 6.77. The SMILES string of the molecule is CC(=O)Nc1ccc(S(=O)(=O)N2CCN(c3ccnc(N4CCCCC4)n3)CC2)c(C)c1. The first-order chi connectivity index (χ1) is 15.3. The molecule has 2 fully saturated rings. The molecule has 0 atom stereocenters. The fourth-order valence-corrected chi connectivity index (χ4v) is 5.91. The number of carbonyl (C=O) groups is 1. The van der Waals surface area contributed by atoms with Gasteiger partial charge < -0.3 is 15.1 Å². The van der Waals surface area contributed by atoms with Gasteiger partial charge in [-0.15, -0.1) is 0 Å². The van der Waals surface area contributed by atoms with E-state index in [1.807, 2.05) is 6.07 Å². The van der Waals surface area contributed by atoms with Crippen LogP contribution in [0.15, 0.2) is 35.4 Å². The van der Waals surface area contributed by atoms with Crippen LogP contribution in [0.2, 0.25) is 0 Å². The van der Waals surface area contributed by atoms with Gasteiger partial charge in [-0.25, -0.2) is 13.4 Å². The molecule has 0 bridgehead atoms. The third-order valence-corrected chi connectivity index (χ3v) is 8.00. The maximum absolute atomic E-state index is 13.2. The maximum Gasteiger partial charge on any atom is 0.243 e. The van der Waals surface area contributed by atoms with Crippen LogP contribution in [0.4, 0.5) is 17.5 Å². The minimum Gasteiger partial charge on any atom is -0.354 e. The van der Waals surface area contributed by atoms with E-state index in [9.17, 15) is 13.2 Å². The summed E-state index contributed by atoms with van der Waals surface area (Å²) >= 11 is 0. The zero-order valence-corrected chi connectivity index (χ0v) is 19.4. The fourth-order valence-electron chi connectivity index (χ4n) is 4.28. The number of nitrogens with zero attached hydrogens (tertiary/aromatic N) is 5.